The molecule has 164 valence electrons. The molecule has 1 aliphatic carbocycles. The molecule has 8 heteroatoms. The molecule has 6 nitrogen and oxygen atoms in total. The lowest BCUT2D eigenvalue weighted by molar-refractivity contribution is -0.139. The summed E-state index contributed by atoms with van der Waals surface area (Å²) in [7, 11) is 0. The highest BCUT2D eigenvalue weighted by Crippen LogP contribution is 2.44. The molecule has 0 bridgehead atoms. The Morgan fingerprint density at radius 3 is 2.03 bits per heavy atom. The fourth-order valence-electron chi connectivity index (χ4n) is 3.97. The first-order chi connectivity index (χ1) is 15.3. The van der Waals surface area contributed by atoms with Crippen molar-refractivity contribution in [2.75, 3.05) is 6.61 Å². The summed E-state index contributed by atoms with van der Waals surface area (Å²) in [5.41, 5.74) is 3.50. The van der Waals surface area contributed by atoms with Crippen LogP contribution >= 0.6 is 0 Å². The molecule has 0 radical (unpaired) electrons. The first-order valence-corrected chi connectivity index (χ1v) is 9.86. The van der Waals surface area contributed by atoms with Crippen LogP contribution in [-0.2, 0) is 16.0 Å². The minimum absolute atomic E-state index is 0.0336. The molecule has 3 aromatic rings. The van der Waals surface area contributed by atoms with Crippen molar-refractivity contribution in [1.29, 1.82) is 0 Å². The van der Waals surface area contributed by atoms with Gasteiger partial charge >= 0.3 is 12.1 Å². The molecule has 0 fully saturated rings. The highest BCUT2D eigenvalue weighted by atomic mass is 19.1. The lowest BCUT2D eigenvalue weighted by Gasteiger charge is -2.18. The fraction of sp³-hybridized carbons (Fsp3) is 0.167. The number of amides is 1. The molecule has 4 rings (SSSR count). The van der Waals surface area contributed by atoms with E-state index in [9.17, 15) is 28.6 Å². The highest BCUT2D eigenvalue weighted by molar-refractivity contribution is 5.81. The Morgan fingerprint density at radius 2 is 1.50 bits per heavy atom. The van der Waals surface area contributed by atoms with Crippen LogP contribution < -0.4 is 5.32 Å². The lowest BCUT2D eigenvalue weighted by atomic mass is 9.98. The number of carbonyl (C=O) groups excluding carboxylic acids is 1. The molecule has 0 spiro atoms. The number of carboxylic acids is 1. The number of alkyl carbamates (subject to hydrolysis) is 1. The average molecular weight is 439 g/mol. The molecule has 0 saturated heterocycles. The minimum Gasteiger partial charge on any atom is -0.508 e. The summed E-state index contributed by atoms with van der Waals surface area (Å²) in [6.07, 6.45) is -1.67. The van der Waals surface area contributed by atoms with Gasteiger partial charge in [0.1, 0.15) is 30.0 Å². The zero-order valence-corrected chi connectivity index (χ0v) is 16.7. The van der Waals surface area contributed by atoms with Crippen LogP contribution in [0, 0.1) is 11.6 Å². The SMILES string of the molecule is O=C(N[C@@H](Cc1c(F)cc(O)cc1F)C(=O)O)OCC1c2ccccc2-c2ccccc21. The first-order valence-electron chi connectivity index (χ1n) is 9.86. The van der Waals surface area contributed by atoms with Crippen LogP contribution in [0.3, 0.4) is 0 Å². The van der Waals surface area contributed by atoms with Crippen molar-refractivity contribution in [3.05, 3.63) is 89.0 Å². The van der Waals surface area contributed by atoms with Crippen LogP contribution in [0.25, 0.3) is 11.1 Å². The number of hydrogen-bond acceptors (Lipinski definition) is 4. The summed E-state index contributed by atoms with van der Waals surface area (Å²) in [4.78, 5) is 23.9. The van der Waals surface area contributed by atoms with Gasteiger partial charge in [-0.1, -0.05) is 48.5 Å². The molecule has 3 N–H and O–H groups in total. The molecule has 0 heterocycles. The number of nitrogens with one attached hydrogen (secondary N) is 1. The van der Waals surface area contributed by atoms with Crippen molar-refractivity contribution in [3.63, 3.8) is 0 Å². The van der Waals surface area contributed by atoms with Gasteiger partial charge in [0.2, 0.25) is 0 Å². The molecule has 1 amide bonds. The Bertz CT molecular complexity index is 1130. The van der Waals surface area contributed by atoms with Crippen molar-refractivity contribution in [2.24, 2.45) is 0 Å². The van der Waals surface area contributed by atoms with Crippen LogP contribution in [0.1, 0.15) is 22.6 Å². The van der Waals surface area contributed by atoms with Gasteiger partial charge < -0.3 is 20.3 Å². The molecule has 0 unspecified atom stereocenters. The maximum atomic E-state index is 14.0. The van der Waals surface area contributed by atoms with E-state index >= 15 is 0 Å². The number of halogens is 2. The third kappa shape index (κ3) is 4.12. The number of phenols is 1. The van der Waals surface area contributed by atoms with E-state index in [-0.39, 0.29) is 12.5 Å². The van der Waals surface area contributed by atoms with Gasteiger partial charge in [-0.3, -0.25) is 0 Å². The normalized spacial score (nSPS) is 13.2. The van der Waals surface area contributed by atoms with E-state index in [1.165, 1.54) is 0 Å². The van der Waals surface area contributed by atoms with E-state index in [1.807, 2.05) is 48.5 Å². The quantitative estimate of drug-likeness (QED) is 0.535. The second-order valence-corrected chi connectivity index (χ2v) is 7.45. The Hall–Kier alpha value is -3.94. The summed E-state index contributed by atoms with van der Waals surface area (Å²) in [5, 5.41) is 20.8. The number of aromatic hydroxyl groups is 1. The van der Waals surface area contributed by atoms with Crippen LogP contribution in [0.2, 0.25) is 0 Å². The topological polar surface area (TPSA) is 95.9 Å². The maximum absolute atomic E-state index is 14.0. The Labute approximate surface area is 182 Å². The molecule has 0 aromatic heterocycles. The summed E-state index contributed by atoms with van der Waals surface area (Å²) in [6.45, 7) is -0.0336. The number of carbonyl (C=O) groups is 2. The van der Waals surface area contributed by atoms with Crippen LogP contribution in [0.5, 0.6) is 5.75 Å². The third-order valence-electron chi connectivity index (χ3n) is 5.47. The number of fused-ring (bicyclic) bond motifs is 3. The second-order valence-electron chi connectivity index (χ2n) is 7.45. The van der Waals surface area contributed by atoms with E-state index in [4.69, 9.17) is 4.74 Å². The molecule has 0 aliphatic heterocycles. The van der Waals surface area contributed by atoms with Gasteiger partial charge in [0.15, 0.2) is 0 Å². The first kappa shape index (κ1) is 21.3. The van der Waals surface area contributed by atoms with Gasteiger partial charge in [0, 0.05) is 30.0 Å². The molecule has 1 atom stereocenters. The Kier molecular flexibility index (Phi) is 5.77. The molecule has 32 heavy (non-hydrogen) atoms. The number of ether oxygens (including phenoxy) is 1. The Morgan fingerprint density at radius 1 is 0.969 bits per heavy atom. The summed E-state index contributed by atoms with van der Waals surface area (Å²) < 4.78 is 33.2. The smallest absolute Gasteiger partial charge is 0.407 e. The van der Waals surface area contributed by atoms with E-state index in [0.717, 1.165) is 22.3 Å². The van der Waals surface area contributed by atoms with Gasteiger partial charge in [-0.2, -0.15) is 0 Å². The van der Waals surface area contributed by atoms with Crippen LogP contribution in [-0.4, -0.2) is 34.9 Å². The third-order valence-corrected chi connectivity index (χ3v) is 5.47. The number of benzene rings is 3. The van der Waals surface area contributed by atoms with Gasteiger partial charge in [-0.05, 0) is 22.3 Å². The summed E-state index contributed by atoms with van der Waals surface area (Å²) in [6, 6.07) is 15.2. The zero-order valence-electron chi connectivity index (χ0n) is 16.7. The van der Waals surface area contributed by atoms with Crippen molar-refractivity contribution in [3.8, 4) is 16.9 Å². The van der Waals surface area contributed by atoms with Gasteiger partial charge in [-0.25, -0.2) is 18.4 Å². The highest BCUT2D eigenvalue weighted by Gasteiger charge is 2.30. The maximum Gasteiger partial charge on any atom is 0.407 e. The predicted octanol–water partition coefficient (Wildman–Crippen LogP) is 4.20. The van der Waals surface area contributed by atoms with Gasteiger partial charge in [0.25, 0.3) is 0 Å². The number of hydrogen-bond donors (Lipinski definition) is 3. The van der Waals surface area contributed by atoms with E-state index < -0.39 is 47.5 Å². The van der Waals surface area contributed by atoms with E-state index in [1.54, 1.807) is 0 Å². The van der Waals surface area contributed by atoms with Gasteiger partial charge in [-0.15, -0.1) is 0 Å². The van der Waals surface area contributed by atoms with E-state index in [0.29, 0.717) is 12.1 Å². The standard InChI is InChI=1S/C24H19F2NO5/c25-20-9-13(28)10-21(26)18(20)11-22(23(29)30)27-24(31)32-12-19-16-7-3-1-5-14(16)15-6-2-4-8-17(15)19/h1-10,19,22,28H,11-12H2,(H,27,31)(H,29,30)/t22-/m0/s1. The van der Waals surface area contributed by atoms with Crippen LogP contribution in [0.4, 0.5) is 13.6 Å². The minimum atomic E-state index is -1.63. The van der Waals surface area contributed by atoms with E-state index in [2.05, 4.69) is 5.32 Å². The average Bonchev–Trinajstić information content (AvgIpc) is 3.07. The lowest BCUT2D eigenvalue weighted by Crippen LogP contribution is -2.43. The van der Waals surface area contributed by atoms with Crippen molar-refractivity contribution in [1.82, 2.24) is 5.32 Å². The Balaban J connectivity index is 1.46. The molecule has 3 aromatic carbocycles. The van der Waals surface area contributed by atoms with Crippen molar-refractivity contribution < 1.29 is 33.3 Å². The monoisotopic (exact) mass is 439 g/mol. The number of aliphatic carboxylic acids is 1. The number of phenolic OH excluding ortho intramolecular Hbond substituents is 1. The van der Waals surface area contributed by atoms with Gasteiger partial charge in [0.05, 0.1) is 0 Å². The fourth-order valence-corrected chi connectivity index (χ4v) is 3.97. The van der Waals surface area contributed by atoms with Crippen molar-refractivity contribution in [2.45, 2.75) is 18.4 Å². The van der Waals surface area contributed by atoms with Crippen molar-refractivity contribution >= 4 is 12.1 Å². The number of rotatable bonds is 6. The largest absolute Gasteiger partial charge is 0.508 e. The molecular weight excluding hydrogens is 420 g/mol. The zero-order chi connectivity index (χ0) is 22.8. The summed E-state index contributed by atoms with van der Waals surface area (Å²) >= 11 is 0. The molecular formula is C24H19F2NO5. The molecule has 0 saturated carbocycles. The predicted molar refractivity (Wildman–Crippen MR) is 111 cm³/mol. The molecule has 1 aliphatic rings. The summed E-state index contributed by atoms with van der Waals surface area (Å²) in [5.74, 6) is -4.54. The van der Waals surface area contributed by atoms with Crippen LogP contribution in [0.15, 0.2) is 60.7 Å². The number of carboxylic acid groups (broad SMARTS) is 1. The second kappa shape index (κ2) is 8.66.